The minimum atomic E-state index is -0.426. The molecule has 2 amide bonds. The number of carbonyl (C=O) groups is 2. The van der Waals surface area contributed by atoms with Crippen LogP contribution in [0.4, 0.5) is 0 Å². The van der Waals surface area contributed by atoms with Gasteiger partial charge in [0.1, 0.15) is 18.1 Å². The topological polar surface area (TPSA) is 80.6 Å². The number of nitrogens with one attached hydrogen (secondary N) is 2. The molecule has 1 atom stereocenters. The Hall–Kier alpha value is -2.47. The number of hydrogen-bond donors (Lipinski definition) is 2. The van der Waals surface area contributed by atoms with E-state index in [0.717, 1.165) is 11.3 Å². The summed E-state index contributed by atoms with van der Waals surface area (Å²) in [5.41, 5.74) is 6.05. The van der Waals surface area contributed by atoms with E-state index in [1.54, 1.807) is 31.2 Å². The highest BCUT2D eigenvalue weighted by Crippen LogP contribution is 2.29. The van der Waals surface area contributed by atoms with Crippen LogP contribution in [0.5, 0.6) is 5.75 Å². The number of hydrazine groups is 1. The first-order valence-electron chi connectivity index (χ1n) is 7.10. The second-order valence-electron chi connectivity index (χ2n) is 5.30. The Bertz CT molecular complexity index is 756. The smallest absolute Gasteiger partial charge is 0.273 e. The second-order valence-corrected chi connectivity index (χ2v) is 5.73. The monoisotopic (exact) mass is 334 g/mol. The van der Waals surface area contributed by atoms with Crippen LogP contribution in [-0.4, -0.2) is 18.4 Å². The Labute approximate surface area is 137 Å². The Morgan fingerprint density at radius 2 is 2.09 bits per heavy atom. The molecule has 7 heteroatoms. The number of furan rings is 1. The number of carbonyl (C=O) groups excluding carboxylic acids is 2. The van der Waals surface area contributed by atoms with Crippen molar-refractivity contribution in [2.75, 3.05) is 6.61 Å². The lowest BCUT2D eigenvalue weighted by molar-refractivity contribution is -0.127. The van der Waals surface area contributed by atoms with E-state index in [0.29, 0.717) is 22.8 Å². The van der Waals surface area contributed by atoms with Gasteiger partial charge in [0.05, 0.1) is 17.7 Å². The summed E-state index contributed by atoms with van der Waals surface area (Å²) in [6.45, 7) is 1.92. The summed E-state index contributed by atoms with van der Waals surface area (Å²) in [4.78, 5) is 24.1. The normalized spacial score (nSPS) is 16.2. The van der Waals surface area contributed by atoms with Gasteiger partial charge in [-0.3, -0.25) is 20.4 Å². The quantitative estimate of drug-likeness (QED) is 0.825. The summed E-state index contributed by atoms with van der Waals surface area (Å²) in [5, 5.41) is 0.595. The number of rotatable bonds is 2. The molecular weight excluding hydrogens is 320 g/mol. The average Bonchev–Trinajstić information content (AvgIpc) is 2.97. The highest BCUT2D eigenvalue weighted by molar-refractivity contribution is 6.30. The van der Waals surface area contributed by atoms with E-state index in [1.807, 2.05) is 0 Å². The molecule has 0 spiro atoms. The molecule has 1 aliphatic rings. The maximum atomic E-state index is 12.2. The fourth-order valence-electron chi connectivity index (χ4n) is 2.44. The Kier molecular flexibility index (Phi) is 4.25. The first-order chi connectivity index (χ1) is 11.0. The van der Waals surface area contributed by atoms with Crippen molar-refractivity contribution >= 4 is 23.4 Å². The van der Waals surface area contributed by atoms with Gasteiger partial charge in [0.15, 0.2) is 0 Å². The summed E-state index contributed by atoms with van der Waals surface area (Å²) >= 11 is 5.96. The molecule has 6 nitrogen and oxygen atoms in total. The van der Waals surface area contributed by atoms with Crippen molar-refractivity contribution in [2.24, 2.45) is 5.92 Å². The molecule has 23 heavy (non-hydrogen) atoms. The third-order valence-corrected chi connectivity index (χ3v) is 3.94. The van der Waals surface area contributed by atoms with Crippen LogP contribution in [0, 0.1) is 12.8 Å². The van der Waals surface area contributed by atoms with Crippen molar-refractivity contribution in [3.8, 4) is 5.75 Å². The third kappa shape index (κ3) is 3.32. The van der Waals surface area contributed by atoms with Crippen LogP contribution in [0.3, 0.4) is 0 Å². The highest BCUT2D eigenvalue weighted by atomic mass is 35.5. The fraction of sp³-hybridized carbons (Fsp3) is 0.250. The number of aryl methyl sites for hydroxylation is 1. The zero-order valence-corrected chi connectivity index (χ0v) is 13.1. The summed E-state index contributed by atoms with van der Waals surface area (Å²) in [5.74, 6) is 0.0828. The van der Waals surface area contributed by atoms with Gasteiger partial charge < -0.3 is 9.15 Å². The fourth-order valence-corrected chi connectivity index (χ4v) is 2.63. The maximum absolute atomic E-state index is 12.2. The van der Waals surface area contributed by atoms with Gasteiger partial charge in [0.2, 0.25) is 5.91 Å². The lowest BCUT2D eigenvalue weighted by Crippen LogP contribution is -2.47. The van der Waals surface area contributed by atoms with Crippen molar-refractivity contribution in [1.82, 2.24) is 10.9 Å². The van der Waals surface area contributed by atoms with E-state index in [4.69, 9.17) is 20.8 Å². The van der Waals surface area contributed by atoms with Crippen LogP contribution in [-0.2, 0) is 11.2 Å². The maximum Gasteiger partial charge on any atom is 0.273 e. The predicted molar refractivity (Wildman–Crippen MR) is 83.2 cm³/mol. The molecule has 0 saturated heterocycles. The minimum absolute atomic E-state index is 0.251. The number of hydrogen-bond acceptors (Lipinski definition) is 4. The average molecular weight is 335 g/mol. The lowest BCUT2D eigenvalue weighted by atomic mass is 9.96. The van der Waals surface area contributed by atoms with Crippen molar-refractivity contribution in [3.05, 3.63) is 52.4 Å². The largest absolute Gasteiger partial charge is 0.492 e. The van der Waals surface area contributed by atoms with Crippen LogP contribution >= 0.6 is 11.6 Å². The van der Waals surface area contributed by atoms with Gasteiger partial charge in [-0.1, -0.05) is 11.6 Å². The Balaban J connectivity index is 1.59. The van der Waals surface area contributed by atoms with E-state index < -0.39 is 11.8 Å². The van der Waals surface area contributed by atoms with Gasteiger partial charge in [-0.15, -0.1) is 0 Å². The third-order valence-electron chi connectivity index (χ3n) is 3.70. The summed E-state index contributed by atoms with van der Waals surface area (Å²) in [6, 6.07) is 6.85. The van der Waals surface area contributed by atoms with Crippen LogP contribution in [0.15, 0.2) is 34.9 Å². The minimum Gasteiger partial charge on any atom is -0.492 e. The van der Waals surface area contributed by atoms with Crippen molar-refractivity contribution in [1.29, 1.82) is 0 Å². The lowest BCUT2D eigenvalue weighted by Gasteiger charge is -2.24. The first-order valence-corrected chi connectivity index (χ1v) is 7.48. The van der Waals surface area contributed by atoms with Gasteiger partial charge in [-0.05, 0) is 43.2 Å². The molecule has 0 unspecified atom stereocenters. The zero-order chi connectivity index (χ0) is 16.4. The van der Waals surface area contributed by atoms with Gasteiger partial charge in [-0.25, -0.2) is 0 Å². The van der Waals surface area contributed by atoms with Crippen LogP contribution in [0.1, 0.15) is 21.7 Å². The SMILES string of the molecule is Cc1occc1C(=O)NNC(=O)[C@H]1COc2ccc(Cl)cc2C1. The Morgan fingerprint density at radius 3 is 2.83 bits per heavy atom. The second kappa shape index (κ2) is 6.34. The standard InChI is InChI=1S/C16H15ClN2O4/c1-9-13(4-5-22-9)16(21)19-18-15(20)11-6-10-7-12(17)2-3-14(10)23-8-11/h2-5,7,11H,6,8H2,1H3,(H,18,20)(H,19,21)/t11-/m1/s1. The van der Waals surface area contributed by atoms with E-state index in [1.165, 1.54) is 6.26 Å². The number of fused-ring (bicyclic) bond motifs is 1. The van der Waals surface area contributed by atoms with Crippen molar-refractivity contribution in [3.63, 3.8) is 0 Å². The Morgan fingerprint density at radius 1 is 1.26 bits per heavy atom. The molecule has 0 aliphatic carbocycles. The molecule has 2 heterocycles. The predicted octanol–water partition coefficient (Wildman–Crippen LogP) is 2.25. The first kappa shape index (κ1) is 15.4. The van der Waals surface area contributed by atoms with Crippen LogP contribution < -0.4 is 15.6 Å². The molecule has 1 aromatic carbocycles. The summed E-state index contributed by atoms with van der Waals surface area (Å²) in [7, 11) is 0. The molecule has 3 rings (SSSR count). The zero-order valence-electron chi connectivity index (χ0n) is 12.4. The number of benzene rings is 1. The number of amides is 2. The molecule has 120 valence electrons. The molecule has 0 radical (unpaired) electrons. The van der Waals surface area contributed by atoms with Crippen LogP contribution in [0.25, 0.3) is 0 Å². The van der Waals surface area contributed by atoms with Gasteiger partial charge in [-0.2, -0.15) is 0 Å². The molecule has 2 N–H and O–H groups in total. The molecular formula is C16H15ClN2O4. The molecule has 0 saturated carbocycles. The van der Waals surface area contributed by atoms with E-state index in [2.05, 4.69) is 10.9 Å². The van der Waals surface area contributed by atoms with E-state index in [9.17, 15) is 9.59 Å². The van der Waals surface area contributed by atoms with Gasteiger partial charge in [0.25, 0.3) is 5.91 Å². The number of halogens is 1. The molecule has 0 fully saturated rings. The molecule has 0 bridgehead atoms. The summed E-state index contributed by atoms with van der Waals surface area (Å²) < 4.78 is 10.6. The highest BCUT2D eigenvalue weighted by Gasteiger charge is 2.26. The van der Waals surface area contributed by atoms with Crippen LogP contribution in [0.2, 0.25) is 5.02 Å². The molecule has 1 aromatic heterocycles. The molecule has 2 aromatic rings. The van der Waals surface area contributed by atoms with Crippen molar-refractivity contribution in [2.45, 2.75) is 13.3 Å². The van der Waals surface area contributed by atoms with E-state index in [-0.39, 0.29) is 12.5 Å². The number of ether oxygens (including phenoxy) is 1. The van der Waals surface area contributed by atoms with Gasteiger partial charge in [0, 0.05) is 5.02 Å². The van der Waals surface area contributed by atoms with E-state index >= 15 is 0 Å². The van der Waals surface area contributed by atoms with Gasteiger partial charge >= 0.3 is 0 Å². The van der Waals surface area contributed by atoms with Crippen molar-refractivity contribution < 1.29 is 18.7 Å². The molecule has 1 aliphatic heterocycles. The summed E-state index contributed by atoms with van der Waals surface area (Å²) in [6.07, 6.45) is 1.92.